The molecule has 1 amide bonds. The van der Waals surface area contributed by atoms with Crippen molar-refractivity contribution < 1.29 is 9.18 Å². The lowest BCUT2D eigenvalue weighted by Gasteiger charge is -2.06. The SMILES string of the molecule is O=C(Nc1cccc(Cc2nc3ccccc3[nH]2)c1)c1ncc(F)cn1. The normalized spacial score (nSPS) is 10.8. The van der Waals surface area contributed by atoms with Crippen molar-refractivity contribution in [1.82, 2.24) is 19.9 Å². The zero-order valence-corrected chi connectivity index (χ0v) is 13.6. The van der Waals surface area contributed by atoms with E-state index in [1.807, 2.05) is 42.5 Å². The summed E-state index contributed by atoms with van der Waals surface area (Å²) in [7, 11) is 0. The zero-order valence-electron chi connectivity index (χ0n) is 13.6. The number of H-pyrrole nitrogens is 1. The lowest BCUT2D eigenvalue weighted by atomic mass is 10.1. The van der Waals surface area contributed by atoms with Crippen LogP contribution in [0.15, 0.2) is 60.9 Å². The zero-order chi connectivity index (χ0) is 17.9. The number of hydrogen-bond donors (Lipinski definition) is 2. The average Bonchev–Trinajstić information content (AvgIpc) is 3.04. The minimum Gasteiger partial charge on any atom is -0.342 e. The van der Waals surface area contributed by atoms with Crippen molar-refractivity contribution in [3.63, 3.8) is 0 Å². The molecule has 4 aromatic rings. The van der Waals surface area contributed by atoms with Gasteiger partial charge < -0.3 is 10.3 Å². The van der Waals surface area contributed by atoms with Gasteiger partial charge in [-0.3, -0.25) is 4.79 Å². The number of carbonyl (C=O) groups excluding carboxylic acids is 1. The van der Waals surface area contributed by atoms with Crippen LogP contribution in [0.1, 0.15) is 22.0 Å². The summed E-state index contributed by atoms with van der Waals surface area (Å²) >= 11 is 0. The van der Waals surface area contributed by atoms with E-state index in [1.165, 1.54) is 0 Å². The molecule has 2 heterocycles. The minimum atomic E-state index is -0.589. The number of carbonyl (C=O) groups is 1. The number of para-hydroxylation sites is 2. The number of amides is 1. The van der Waals surface area contributed by atoms with Crippen molar-refractivity contribution in [1.29, 1.82) is 0 Å². The van der Waals surface area contributed by atoms with Crippen LogP contribution in [0.5, 0.6) is 0 Å². The Labute approximate surface area is 148 Å². The maximum atomic E-state index is 12.8. The van der Waals surface area contributed by atoms with E-state index < -0.39 is 11.7 Å². The van der Waals surface area contributed by atoms with Crippen molar-refractivity contribution in [3.05, 3.63) is 84.0 Å². The molecule has 7 heteroatoms. The molecule has 0 bridgehead atoms. The molecule has 128 valence electrons. The highest BCUT2D eigenvalue weighted by atomic mass is 19.1. The van der Waals surface area contributed by atoms with E-state index in [0.717, 1.165) is 34.8 Å². The maximum absolute atomic E-state index is 12.8. The van der Waals surface area contributed by atoms with Gasteiger partial charge in [0.15, 0.2) is 5.82 Å². The number of imidazole rings is 1. The monoisotopic (exact) mass is 347 g/mol. The molecule has 2 aromatic carbocycles. The molecule has 6 nitrogen and oxygen atoms in total. The number of fused-ring (bicyclic) bond motifs is 1. The third kappa shape index (κ3) is 3.41. The van der Waals surface area contributed by atoms with E-state index in [1.54, 1.807) is 6.07 Å². The average molecular weight is 347 g/mol. The number of hydrogen-bond acceptors (Lipinski definition) is 4. The quantitative estimate of drug-likeness (QED) is 0.593. The molecular formula is C19H14FN5O. The molecule has 26 heavy (non-hydrogen) atoms. The summed E-state index contributed by atoms with van der Waals surface area (Å²) in [6, 6.07) is 15.3. The Balaban J connectivity index is 1.50. The first-order chi connectivity index (χ1) is 12.7. The molecule has 0 atom stereocenters. The number of rotatable bonds is 4. The van der Waals surface area contributed by atoms with Gasteiger partial charge in [-0.25, -0.2) is 19.3 Å². The van der Waals surface area contributed by atoms with E-state index in [4.69, 9.17) is 0 Å². The van der Waals surface area contributed by atoms with E-state index in [0.29, 0.717) is 12.1 Å². The molecule has 0 fully saturated rings. The predicted molar refractivity (Wildman–Crippen MR) is 95.3 cm³/mol. The highest BCUT2D eigenvalue weighted by molar-refractivity contribution is 6.01. The molecular weight excluding hydrogens is 333 g/mol. The van der Waals surface area contributed by atoms with Crippen LogP contribution in [0, 0.1) is 5.82 Å². The van der Waals surface area contributed by atoms with E-state index >= 15 is 0 Å². The topological polar surface area (TPSA) is 83.6 Å². The number of nitrogens with one attached hydrogen (secondary N) is 2. The molecule has 0 saturated carbocycles. The van der Waals surface area contributed by atoms with Crippen LogP contribution in [-0.4, -0.2) is 25.8 Å². The largest absolute Gasteiger partial charge is 0.342 e. The summed E-state index contributed by atoms with van der Waals surface area (Å²) in [6.45, 7) is 0. The van der Waals surface area contributed by atoms with Gasteiger partial charge in [-0.1, -0.05) is 24.3 Å². The van der Waals surface area contributed by atoms with Crippen molar-refractivity contribution in [2.45, 2.75) is 6.42 Å². The maximum Gasteiger partial charge on any atom is 0.293 e. The second-order valence-corrected chi connectivity index (χ2v) is 5.76. The van der Waals surface area contributed by atoms with Gasteiger partial charge in [0.05, 0.1) is 23.4 Å². The molecule has 2 N–H and O–H groups in total. The Bertz CT molecular complexity index is 1040. The fraction of sp³-hybridized carbons (Fsp3) is 0.0526. The molecule has 4 rings (SSSR count). The smallest absolute Gasteiger partial charge is 0.293 e. The standard InChI is InChI=1S/C19H14FN5O/c20-13-10-21-18(22-11-13)19(26)23-14-5-3-4-12(8-14)9-17-24-15-6-1-2-7-16(15)25-17/h1-8,10-11H,9H2,(H,23,26)(H,24,25). The number of aromatic nitrogens is 4. The summed E-state index contributed by atoms with van der Waals surface area (Å²) in [6.07, 6.45) is 2.52. The Kier molecular flexibility index (Phi) is 4.10. The molecule has 2 aromatic heterocycles. The van der Waals surface area contributed by atoms with Gasteiger partial charge in [-0.05, 0) is 29.8 Å². The van der Waals surface area contributed by atoms with Crippen LogP contribution in [-0.2, 0) is 6.42 Å². The predicted octanol–water partition coefficient (Wildman–Crippen LogP) is 3.34. The van der Waals surface area contributed by atoms with Crippen molar-refractivity contribution in [3.8, 4) is 0 Å². The second-order valence-electron chi connectivity index (χ2n) is 5.76. The van der Waals surface area contributed by atoms with E-state index in [2.05, 4.69) is 25.3 Å². The number of aromatic amines is 1. The first-order valence-electron chi connectivity index (χ1n) is 7.99. The highest BCUT2D eigenvalue weighted by Gasteiger charge is 2.10. The van der Waals surface area contributed by atoms with Gasteiger partial charge in [0, 0.05) is 12.1 Å². The first kappa shape index (κ1) is 15.9. The third-order valence-electron chi connectivity index (χ3n) is 3.82. The van der Waals surface area contributed by atoms with Crippen molar-refractivity contribution in [2.75, 3.05) is 5.32 Å². The molecule has 0 radical (unpaired) electrons. The first-order valence-corrected chi connectivity index (χ1v) is 7.99. The molecule has 0 aliphatic carbocycles. The lowest BCUT2D eigenvalue weighted by molar-refractivity contribution is 0.101. The van der Waals surface area contributed by atoms with Gasteiger partial charge in [0.1, 0.15) is 5.82 Å². The van der Waals surface area contributed by atoms with E-state index in [-0.39, 0.29) is 5.82 Å². The number of nitrogens with zero attached hydrogens (tertiary/aromatic N) is 3. The Morgan fingerprint density at radius 3 is 2.69 bits per heavy atom. The fourth-order valence-corrected chi connectivity index (χ4v) is 2.66. The van der Waals surface area contributed by atoms with Crippen LogP contribution in [0.3, 0.4) is 0 Å². The van der Waals surface area contributed by atoms with Crippen LogP contribution in [0.2, 0.25) is 0 Å². The summed E-state index contributed by atoms with van der Waals surface area (Å²) in [5, 5.41) is 2.71. The Morgan fingerprint density at radius 1 is 1.08 bits per heavy atom. The van der Waals surface area contributed by atoms with Crippen LogP contribution < -0.4 is 5.32 Å². The summed E-state index contributed by atoms with van der Waals surface area (Å²) < 4.78 is 12.8. The van der Waals surface area contributed by atoms with Crippen LogP contribution in [0.4, 0.5) is 10.1 Å². The molecule has 0 aliphatic heterocycles. The van der Waals surface area contributed by atoms with Crippen LogP contribution >= 0.6 is 0 Å². The number of halogens is 1. The number of anilines is 1. The fourth-order valence-electron chi connectivity index (χ4n) is 2.66. The lowest BCUT2D eigenvalue weighted by Crippen LogP contribution is -2.15. The van der Waals surface area contributed by atoms with Gasteiger partial charge in [-0.2, -0.15) is 0 Å². The van der Waals surface area contributed by atoms with Crippen molar-refractivity contribution in [2.24, 2.45) is 0 Å². The van der Waals surface area contributed by atoms with Gasteiger partial charge >= 0.3 is 0 Å². The molecule has 0 spiro atoms. The van der Waals surface area contributed by atoms with Gasteiger partial charge in [-0.15, -0.1) is 0 Å². The van der Waals surface area contributed by atoms with Crippen LogP contribution in [0.25, 0.3) is 11.0 Å². The van der Waals surface area contributed by atoms with Gasteiger partial charge in [0.2, 0.25) is 5.82 Å². The third-order valence-corrected chi connectivity index (χ3v) is 3.82. The Hall–Kier alpha value is -3.61. The van der Waals surface area contributed by atoms with Crippen molar-refractivity contribution >= 4 is 22.6 Å². The van der Waals surface area contributed by atoms with Gasteiger partial charge in [0.25, 0.3) is 5.91 Å². The minimum absolute atomic E-state index is 0.0888. The molecule has 0 saturated heterocycles. The Morgan fingerprint density at radius 2 is 1.88 bits per heavy atom. The summed E-state index contributed by atoms with van der Waals surface area (Å²) in [4.78, 5) is 27.3. The summed E-state index contributed by atoms with van der Waals surface area (Å²) in [5.74, 6) is -0.328. The molecule has 0 unspecified atom stereocenters. The van der Waals surface area contributed by atoms with E-state index in [9.17, 15) is 9.18 Å². The number of benzene rings is 2. The highest BCUT2D eigenvalue weighted by Crippen LogP contribution is 2.16. The summed E-state index contributed by atoms with van der Waals surface area (Å²) in [5.41, 5.74) is 3.50. The molecule has 0 aliphatic rings. The second kappa shape index (κ2) is 6.72.